The number of aromatic nitrogens is 1. The van der Waals surface area contributed by atoms with Crippen LogP contribution in [0.4, 0.5) is 0 Å². The Labute approximate surface area is 168 Å². The van der Waals surface area contributed by atoms with Gasteiger partial charge < -0.3 is 10.0 Å². The molecule has 1 atom stereocenters. The summed E-state index contributed by atoms with van der Waals surface area (Å²) < 4.78 is 0. The van der Waals surface area contributed by atoms with E-state index in [0.717, 1.165) is 31.4 Å². The van der Waals surface area contributed by atoms with E-state index in [4.69, 9.17) is 0 Å². The average Bonchev–Trinajstić information content (AvgIpc) is 2.70. The van der Waals surface area contributed by atoms with E-state index >= 15 is 0 Å². The Kier molecular flexibility index (Phi) is 6.81. The molecule has 28 heavy (non-hydrogen) atoms. The number of carbonyl (C=O) groups excluding carboxylic acids is 1. The average molecular weight is 382 g/mol. The standard InChI is InChI=1S/C23H31N3O2/c1-19-7-3-4-9-21(19)13-23(18-27)10-6-12-26(17-23)22(28)16-25(2)15-20-8-5-11-24-14-20/h3-5,7-9,11,14,27H,6,10,12-13,15-18H2,1-2H3/t23-/m1/s1. The number of aryl methyl sites for hydroxylation is 1. The molecular weight excluding hydrogens is 350 g/mol. The van der Waals surface area contributed by atoms with Gasteiger partial charge in [-0.3, -0.25) is 14.7 Å². The number of hydrogen-bond acceptors (Lipinski definition) is 4. The molecule has 1 amide bonds. The predicted octanol–water partition coefficient (Wildman–Crippen LogP) is 2.67. The zero-order valence-electron chi connectivity index (χ0n) is 17.0. The molecule has 2 aromatic rings. The highest BCUT2D eigenvalue weighted by Gasteiger charge is 2.37. The monoisotopic (exact) mass is 381 g/mol. The number of nitrogens with zero attached hydrogens (tertiary/aromatic N) is 3. The van der Waals surface area contributed by atoms with Gasteiger partial charge in [0, 0.05) is 37.4 Å². The smallest absolute Gasteiger partial charge is 0.236 e. The summed E-state index contributed by atoms with van der Waals surface area (Å²) in [5, 5.41) is 10.2. The highest BCUT2D eigenvalue weighted by molar-refractivity contribution is 5.78. The van der Waals surface area contributed by atoms with Gasteiger partial charge in [0.1, 0.15) is 0 Å². The fourth-order valence-electron chi connectivity index (χ4n) is 4.15. The number of aliphatic hydroxyl groups excluding tert-OH is 1. The first kappa shape index (κ1) is 20.5. The molecule has 1 saturated heterocycles. The Hall–Kier alpha value is -2.24. The fraction of sp³-hybridized carbons (Fsp3) is 0.478. The van der Waals surface area contributed by atoms with E-state index in [1.165, 1.54) is 11.1 Å². The van der Waals surface area contributed by atoms with Gasteiger partial charge in [-0.1, -0.05) is 30.3 Å². The lowest BCUT2D eigenvalue weighted by Crippen LogP contribution is -2.51. The lowest BCUT2D eigenvalue weighted by Gasteiger charge is -2.42. The van der Waals surface area contributed by atoms with Crippen LogP contribution in [0.5, 0.6) is 0 Å². The number of hydrogen-bond donors (Lipinski definition) is 1. The van der Waals surface area contributed by atoms with Crippen LogP contribution in [-0.4, -0.2) is 59.1 Å². The molecule has 0 saturated carbocycles. The summed E-state index contributed by atoms with van der Waals surface area (Å²) in [7, 11) is 1.96. The van der Waals surface area contributed by atoms with Crippen molar-refractivity contribution >= 4 is 5.91 Å². The van der Waals surface area contributed by atoms with E-state index in [2.05, 4.69) is 24.0 Å². The number of likely N-dealkylation sites (N-methyl/N-ethyl adjacent to an activating group) is 1. The first-order chi connectivity index (χ1) is 13.5. The fourth-order valence-corrected chi connectivity index (χ4v) is 4.15. The zero-order valence-corrected chi connectivity index (χ0v) is 17.0. The van der Waals surface area contributed by atoms with Gasteiger partial charge in [-0.25, -0.2) is 0 Å². The molecule has 0 spiro atoms. The van der Waals surface area contributed by atoms with Crippen LogP contribution in [0.3, 0.4) is 0 Å². The van der Waals surface area contributed by atoms with Crippen LogP contribution < -0.4 is 0 Å². The van der Waals surface area contributed by atoms with Crippen molar-refractivity contribution in [3.05, 3.63) is 65.5 Å². The molecular formula is C23H31N3O2. The van der Waals surface area contributed by atoms with Gasteiger partial charge in [0.15, 0.2) is 0 Å². The lowest BCUT2D eigenvalue weighted by atomic mass is 9.75. The van der Waals surface area contributed by atoms with Crippen LogP contribution in [-0.2, 0) is 17.8 Å². The Bertz CT molecular complexity index is 780. The molecule has 1 fully saturated rings. The molecule has 5 heteroatoms. The summed E-state index contributed by atoms with van der Waals surface area (Å²) in [4.78, 5) is 21.0. The molecule has 0 bridgehead atoms. The molecule has 150 valence electrons. The van der Waals surface area contributed by atoms with E-state index in [0.29, 0.717) is 19.6 Å². The number of piperidine rings is 1. The third kappa shape index (κ3) is 5.18. The SMILES string of the molecule is Cc1ccccc1C[C@]1(CO)CCCN(C(=O)CN(C)Cc2cccnc2)C1. The Morgan fingerprint density at radius 1 is 1.29 bits per heavy atom. The molecule has 1 aliphatic heterocycles. The van der Waals surface area contributed by atoms with Crippen molar-refractivity contribution in [1.29, 1.82) is 0 Å². The Morgan fingerprint density at radius 2 is 2.11 bits per heavy atom. The minimum atomic E-state index is -0.248. The molecule has 2 heterocycles. The maximum atomic E-state index is 12.9. The van der Waals surface area contributed by atoms with Crippen molar-refractivity contribution in [2.75, 3.05) is 33.3 Å². The number of amides is 1. The number of pyridine rings is 1. The molecule has 3 rings (SSSR count). The summed E-state index contributed by atoms with van der Waals surface area (Å²) in [5.41, 5.74) is 3.36. The van der Waals surface area contributed by atoms with Crippen molar-refractivity contribution in [3.63, 3.8) is 0 Å². The van der Waals surface area contributed by atoms with Crippen LogP contribution in [0.2, 0.25) is 0 Å². The summed E-state index contributed by atoms with van der Waals surface area (Å²) in [6, 6.07) is 12.3. The topological polar surface area (TPSA) is 56.7 Å². The van der Waals surface area contributed by atoms with Crippen LogP contribution in [0.15, 0.2) is 48.8 Å². The predicted molar refractivity (Wildman–Crippen MR) is 111 cm³/mol. The number of aliphatic hydroxyl groups is 1. The largest absolute Gasteiger partial charge is 0.396 e. The Morgan fingerprint density at radius 3 is 2.82 bits per heavy atom. The minimum Gasteiger partial charge on any atom is -0.396 e. The third-order valence-electron chi connectivity index (χ3n) is 5.76. The summed E-state index contributed by atoms with van der Waals surface area (Å²) in [6.07, 6.45) is 6.29. The Balaban J connectivity index is 1.62. The highest BCUT2D eigenvalue weighted by atomic mass is 16.3. The second kappa shape index (κ2) is 9.30. The highest BCUT2D eigenvalue weighted by Crippen LogP contribution is 2.34. The summed E-state index contributed by atoms with van der Waals surface area (Å²) >= 11 is 0. The summed E-state index contributed by atoms with van der Waals surface area (Å²) in [6.45, 7) is 4.69. The van der Waals surface area contributed by atoms with Gasteiger partial charge in [-0.15, -0.1) is 0 Å². The van der Waals surface area contributed by atoms with E-state index in [1.807, 2.05) is 47.3 Å². The van der Waals surface area contributed by atoms with Crippen LogP contribution in [0, 0.1) is 12.3 Å². The van der Waals surface area contributed by atoms with E-state index in [-0.39, 0.29) is 17.9 Å². The van der Waals surface area contributed by atoms with Gasteiger partial charge in [0.2, 0.25) is 5.91 Å². The van der Waals surface area contributed by atoms with Crippen molar-refractivity contribution in [1.82, 2.24) is 14.8 Å². The van der Waals surface area contributed by atoms with Crippen LogP contribution in [0.1, 0.15) is 29.5 Å². The maximum absolute atomic E-state index is 12.9. The van der Waals surface area contributed by atoms with Crippen molar-refractivity contribution in [2.24, 2.45) is 5.41 Å². The number of carbonyl (C=O) groups is 1. The van der Waals surface area contributed by atoms with Crippen molar-refractivity contribution in [3.8, 4) is 0 Å². The van der Waals surface area contributed by atoms with Gasteiger partial charge in [0.25, 0.3) is 0 Å². The number of benzene rings is 1. The van der Waals surface area contributed by atoms with Gasteiger partial charge in [-0.2, -0.15) is 0 Å². The molecule has 0 unspecified atom stereocenters. The number of likely N-dealkylation sites (tertiary alicyclic amines) is 1. The first-order valence-corrected chi connectivity index (χ1v) is 10.0. The van der Waals surface area contributed by atoms with E-state index in [9.17, 15) is 9.90 Å². The summed E-state index contributed by atoms with van der Waals surface area (Å²) in [5.74, 6) is 0.133. The molecule has 1 aliphatic rings. The molecule has 5 nitrogen and oxygen atoms in total. The van der Waals surface area contributed by atoms with Crippen molar-refractivity contribution < 1.29 is 9.90 Å². The normalized spacial score (nSPS) is 19.8. The van der Waals surface area contributed by atoms with Crippen LogP contribution in [0.25, 0.3) is 0 Å². The number of rotatable bonds is 7. The second-order valence-electron chi connectivity index (χ2n) is 8.21. The van der Waals surface area contributed by atoms with Crippen molar-refractivity contribution in [2.45, 2.75) is 32.7 Å². The minimum absolute atomic E-state index is 0.108. The van der Waals surface area contributed by atoms with E-state index in [1.54, 1.807) is 6.20 Å². The molecule has 1 N–H and O–H groups in total. The zero-order chi connectivity index (χ0) is 20.0. The quantitative estimate of drug-likeness (QED) is 0.801. The molecule has 0 radical (unpaired) electrons. The maximum Gasteiger partial charge on any atom is 0.236 e. The van der Waals surface area contributed by atoms with E-state index < -0.39 is 0 Å². The first-order valence-electron chi connectivity index (χ1n) is 10.0. The van der Waals surface area contributed by atoms with Crippen LogP contribution >= 0.6 is 0 Å². The molecule has 0 aliphatic carbocycles. The third-order valence-corrected chi connectivity index (χ3v) is 5.76. The van der Waals surface area contributed by atoms with Gasteiger partial charge in [-0.05, 0) is 56.0 Å². The van der Waals surface area contributed by atoms with Gasteiger partial charge in [0.05, 0.1) is 13.2 Å². The second-order valence-corrected chi connectivity index (χ2v) is 8.21. The lowest BCUT2D eigenvalue weighted by molar-refractivity contribution is -0.136. The molecule has 1 aromatic heterocycles. The van der Waals surface area contributed by atoms with Gasteiger partial charge >= 0.3 is 0 Å². The molecule has 1 aromatic carbocycles.